The number of aromatic nitrogens is 3. The second-order valence-corrected chi connectivity index (χ2v) is 9.88. The van der Waals surface area contributed by atoms with Crippen LogP contribution in [0.1, 0.15) is 50.4 Å². The molecule has 0 saturated heterocycles. The van der Waals surface area contributed by atoms with Crippen molar-refractivity contribution in [2.75, 3.05) is 0 Å². The van der Waals surface area contributed by atoms with Crippen LogP contribution >= 0.6 is 11.6 Å². The van der Waals surface area contributed by atoms with Gasteiger partial charge in [0.1, 0.15) is 18.2 Å². The zero-order valence-corrected chi connectivity index (χ0v) is 21.0. The van der Waals surface area contributed by atoms with Crippen LogP contribution in [-0.4, -0.2) is 24.8 Å². The third-order valence-electron chi connectivity index (χ3n) is 7.42. The van der Waals surface area contributed by atoms with Crippen LogP contribution in [0.15, 0.2) is 65.6 Å². The number of hydrogen-bond acceptors (Lipinski definition) is 4. The number of nitrogens with zero attached hydrogens (tertiary/aromatic N) is 3. The zero-order valence-electron chi connectivity index (χ0n) is 20.2. The van der Waals surface area contributed by atoms with E-state index in [2.05, 4.69) is 4.57 Å². The first-order chi connectivity index (χ1) is 16.8. The molecule has 2 heterocycles. The molecule has 1 aliphatic rings. The molecule has 6 nitrogen and oxygen atoms in total. The van der Waals surface area contributed by atoms with E-state index in [0.29, 0.717) is 17.4 Å². The highest BCUT2D eigenvalue weighted by atomic mass is 35.5. The summed E-state index contributed by atoms with van der Waals surface area (Å²) < 4.78 is 9.50. The number of aliphatic hydroxyl groups is 1. The van der Waals surface area contributed by atoms with E-state index in [4.69, 9.17) is 21.3 Å². The van der Waals surface area contributed by atoms with Crippen molar-refractivity contribution in [2.24, 2.45) is 13.0 Å². The zero-order chi connectivity index (χ0) is 24.7. The van der Waals surface area contributed by atoms with Crippen LogP contribution < -0.4 is 10.3 Å². The smallest absolute Gasteiger partial charge is 0.258 e. The summed E-state index contributed by atoms with van der Waals surface area (Å²) in [6.45, 7) is 4.45. The molecule has 0 aliphatic heterocycles. The average molecular weight is 492 g/mol. The molecule has 2 aromatic heterocycles. The molecular formula is C28H30ClN3O3. The number of ether oxygens (including phenoxy) is 1. The Balaban J connectivity index is 1.37. The maximum Gasteiger partial charge on any atom is 0.258 e. The highest BCUT2D eigenvalue weighted by Gasteiger charge is 2.52. The predicted molar refractivity (Wildman–Crippen MR) is 138 cm³/mol. The van der Waals surface area contributed by atoms with Crippen LogP contribution in [0.3, 0.4) is 0 Å². The molecular weight excluding hydrogens is 462 g/mol. The van der Waals surface area contributed by atoms with E-state index < -0.39 is 5.60 Å². The third-order valence-corrected chi connectivity index (χ3v) is 7.68. The van der Waals surface area contributed by atoms with Crippen LogP contribution in [0.4, 0.5) is 0 Å². The topological polar surface area (TPSA) is 69.3 Å². The molecule has 5 rings (SSSR count). The number of hydrogen-bond donors (Lipinski definition) is 1. The SMILES string of the molecule is CCC(O)(CC)C1CC1c1nc2ccc(-n3ccc(OCc4ccc(Cl)cc4)cc3=O)cc2n1C. The van der Waals surface area contributed by atoms with Gasteiger partial charge in [-0.05, 0) is 67.1 Å². The standard InChI is InChI=1S/C28H30ClN3O3/c1-4-28(34,5-2)23-16-22(23)27-30-24-11-10-20(14-25(24)31(27)3)32-13-12-21(15-26(32)33)35-17-18-6-8-19(29)9-7-18/h6-15,22-23,34H,4-5,16-17H2,1-3H3. The Kier molecular flexibility index (Phi) is 6.20. The van der Waals surface area contributed by atoms with E-state index in [9.17, 15) is 9.90 Å². The Labute approximate surface area is 209 Å². The number of aryl methyl sites for hydroxylation is 1. The molecule has 182 valence electrons. The maximum atomic E-state index is 12.9. The third kappa shape index (κ3) is 4.48. The van der Waals surface area contributed by atoms with Crippen molar-refractivity contribution in [3.8, 4) is 11.4 Å². The van der Waals surface area contributed by atoms with E-state index >= 15 is 0 Å². The fourth-order valence-corrected chi connectivity index (χ4v) is 5.16. The van der Waals surface area contributed by atoms with Gasteiger partial charge in [-0.15, -0.1) is 0 Å². The number of pyridine rings is 1. The lowest BCUT2D eigenvalue weighted by Gasteiger charge is -2.25. The summed E-state index contributed by atoms with van der Waals surface area (Å²) in [5.41, 5.74) is 2.81. The molecule has 0 radical (unpaired) electrons. The first kappa shape index (κ1) is 23.6. The van der Waals surface area contributed by atoms with Crippen LogP contribution in [0.5, 0.6) is 5.75 Å². The van der Waals surface area contributed by atoms with Gasteiger partial charge < -0.3 is 14.4 Å². The minimum Gasteiger partial charge on any atom is -0.489 e. The van der Waals surface area contributed by atoms with E-state index in [-0.39, 0.29) is 17.4 Å². The molecule has 2 aromatic carbocycles. The Morgan fingerprint density at radius 1 is 1.11 bits per heavy atom. The predicted octanol–water partition coefficient (Wildman–Crippen LogP) is 5.61. The number of fused-ring (bicyclic) bond motifs is 1. The van der Waals surface area contributed by atoms with Crippen LogP contribution in [0.2, 0.25) is 5.02 Å². The highest BCUT2D eigenvalue weighted by Crippen LogP contribution is 2.55. The quantitative estimate of drug-likeness (QED) is 0.348. The largest absolute Gasteiger partial charge is 0.489 e. The molecule has 0 amide bonds. The van der Waals surface area contributed by atoms with Gasteiger partial charge in [0.15, 0.2) is 0 Å². The first-order valence-corrected chi connectivity index (χ1v) is 12.5. The summed E-state index contributed by atoms with van der Waals surface area (Å²) >= 11 is 5.93. The minimum atomic E-state index is -0.626. The fourth-order valence-electron chi connectivity index (χ4n) is 5.04. The van der Waals surface area contributed by atoms with Gasteiger partial charge in [0.25, 0.3) is 5.56 Å². The van der Waals surface area contributed by atoms with E-state index in [1.165, 1.54) is 6.07 Å². The summed E-state index contributed by atoms with van der Waals surface area (Å²) in [6.07, 6.45) is 4.19. The lowest BCUT2D eigenvalue weighted by atomic mass is 9.90. The second kappa shape index (κ2) is 9.17. The summed E-state index contributed by atoms with van der Waals surface area (Å²) in [7, 11) is 2.01. The normalized spacial score (nSPS) is 17.6. The van der Waals surface area contributed by atoms with Crippen LogP contribution in [0.25, 0.3) is 16.7 Å². The second-order valence-electron chi connectivity index (χ2n) is 9.45. The minimum absolute atomic E-state index is 0.168. The molecule has 1 N–H and O–H groups in total. The van der Waals surface area contributed by atoms with Gasteiger partial charge in [0, 0.05) is 30.3 Å². The lowest BCUT2D eigenvalue weighted by Crippen LogP contribution is -2.30. The summed E-state index contributed by atoms with van der Waals surface area (Å²) in [4.78, 5) is 17.7. The van der Waals surface area contributed by atoms with Gasteiger partial charge in [-0.2, -0.15) is 0 Å². The van der Waals surface area contributed by atoms with Gasteiger partial charge >= 0.3 is 0 Å². The Hall–Kier alpha value is -3.09. The fraction of sp³-hybridized carbons (Fsp3) is 0.357. The molecule has 1 aliphatic carbocycles. The van der Waals surface area contributed by atoms with Crippen molar-refractivity contribution in [3.05, 3.63) is 87.6 Å². The molecule has 2 unspecified atom stereocenters. The molecule has 1 saturated carbocycles. The maximum absolute atomic E-state index is 12.9. The molecule has 4 aromatic rings. The van der Waals surface area contributed by atoms with E-state index in [1.807, 2.05) is 63.4 Å². The summed E-state index contributed by atoms with van der Waals surface area (Å²) in [5.74, 6) is 2.03. The van der Waals surface area contributed by atoms with Crippen molar-refractivity contribution in [1.82, 2.24) is 14.1 Å². The Morgan fingerprint density at radius 2 is 1.86 bits per heavy atom. The first-order valence-electron chi connectivity index (χ1n) is 12.1. The van der Waals surface area contributed by atoms with Gasteiger partial charge in [0.05, 0.1) is 22.3 Å². The number of halogens is 1. The van der Waals surface area contributed by atoms with Crippen molar-refractivity contribution < 1.29 is 9.84 Å². The number of imidazole rings is 1. The average Bonchev–Trinajstić information content (AvgIpc) is 3.61. The van der Waals surface area contributed by atoms with Gasteiger partial charge in [-0.3, -0.25) is 9.36 Å². The molecule has 35 heavy (non-hydrogen) atoms. The molecule has 0 bridgehead atoms. The number of rotatable bonds is 8. The van der Waals surface area contributed by atoms with Crippen molar-refractivity contribution in [1.29, 1.82) is 0 Å². The van der Waals surface area contributed by atoms with Gasteiger partial charge in [0.2, 0.25) is 0 Å². The van der Waals surface area contributed by atoms with Crippen LogP contribution in [-0.2, 0) is 13.7 Å². The summed E-state index contributed by atoms with van der Waals surface area (Å²) in [5, 5.41) is 11.6. The molecule has 2 atom stereocenters. The van der Waals surface area contributed by atoms with Crippen molar-refractivity contribution in [3.63, 3.8) is 0 Å². The molecule has 0 spiro atoms. The summed E-state index contributed by atoms with van der Waals surface area (Å²) in [6, 6.07) is 16.6. The van der Waals surface area contributed by atoms with E-state index in [0.717, 1.165) is 47.4 Å². The van der Waals surface area contributed by atoms with Crippen molar-refractivity contribution >= 4 is 22.6 Å². The number of benzene rings is 2. The highest BCUT2D eigenvalue weighted by molar-refractivity contribution is 6.30. The van der Waals surface area contributed by atoms with Crippen LogP contribution in [0, 0.1) is 5.92 Å². The van der Waals surface area contributed by atoms with E-state index in [1.54, 1.807) is 16.8 Å². The van der Waals surface area contributed by atoms with Gasteiger partial charge in [-0.25, -0.2) is 4.98 Å². The molecule has 7 heteroatoms. The van der Waals surface area contributed by atoms with Gasteiger partial charge in [-0.1, -0.05) is 37.6 Å². The van der Waals surface area contributed by atoms with Crippen molar-refractivity contribution in [2.45, 2.75) is 51.2 Å². The Morgan fingerprint density at radius 3 is 2.54 bits per heavy atom. The lowest BCUT2D eigenvalue weighted by molar-refractivity contribution is 0.00753. The molecule has 1 fully saturated rings. The monoisotopic (exact) mass is 491 g/mol. The Bertz CT molecular complexity index is 1420.